The number of anilines is 1. The molecule has 0 aliphatic carbocycles. The number of halogens is 1. The maximum absolute atomic E-state index is 13.6. The van der Waals surface area contributed by atoms with E-state index in [2.05, 4.69) is 35.6 Å². The number of nitrogens with zero attached hydrogens (tertiary/aromatic N) is 1. The number of hydrogen-bond acceptors (Lipinski definition) is 3. The second-order valence-corrected chi connectivity index (χ2v) is 8.74. The van der Waals surface area contributed by atoms with Crippen LogP contribution in [0.5, 0.6) is 5.75 Å². The van der Waals surface area contributed by atoms with Gasteiger partial charge in [-0.25, -0.2) is 0 Å². The van der Waals surface area contributed by atoms with Gasteiger partial charge in [0.1, 0.15) is 5.75 Å². The molecular weight excluding hydrogens is 432 g/mol. The minimum Gasteiger partial charge on any atom is -0.508 e. The van der Waals surface area contributed by atoms with Crippen LogP contribution < -0.4 is 10.2 Å². The van der Waals surface area contributed by atoms with E-state index in [1.807, 2.05) is 61.2 Å². The van der Waals surface area contributed by atoms with Crippen LogP contribution in [0.3, 0.4) is 0 Å². The van der Waals surface area contributed by atoms with Gasteiger partial charge >= 0.3 is 0 Å². The summed E-state index contributed by atoms with van der Waals surface area (Å²) in [6, 6.07) is 26.7. The van der Waals surface area contributed by atoms with Crippen molar-refractivity contribution < 1.29 is 9.90 Å². The average molecular weight is 459 g/mol. The van der Waals surface area contributed by atoms with Gasteiger partial charge in [-0.05, 0) is 77.7 Å². The molecule has 1 unspecified atom stereocenters. The van der Waals surface area contributed by atoms with Gasteiger partial charge in [-0.2, -0.15) is 0 Å². The molecule has 4 aromatic rings. The number of rotatable bonds is 7. The monoisotopic (exact) mass is 458 g/mol. The lowest BCUT2D eigenvalue weighted by Gasteiger charge is -2.28. The van der Waals surface area contributed by atoms with E-state index < -0.39 is 6.04 Å². The highest BCUT2D eigenvalue weighted by atomic mass is 35.5. The van der Waals surface area contributed by atoms with Crippen LogP contribution in [0.15, 0.2) is 84.9 Å². The van der Waals surface area contributed by atoms with Gasteiger partial charge in [0.2, 0.25) is 5.91 Å². The third kappa shape index (κ3) is 5.54. The molecule has 0 bridgehead atoms. The Morgan fingerprint density at radius 2 is 1.64 bits per heavy atom. The molecule has 33 heavy (non-hydrogen) atoms. The van der Waals surface area contributed by atoms with Crippen LogP contribution in [0.2, 0.25) is 5.02 Å². The van der Waals surface area contributed by atoms with Crippen molar-refractivity contribution in [2.24, 2.45) is 0 Å². The average Bonchev–Trinajstić information content (AvgIpc) is 2.82. The van der Waals surface area contributed by atoms with Crippen LogP contribution >= 0.6 is 11.6 Å². The van der Waals surface area contributed by atoms with E-state index in [1.165, 1.54) is 5.39 Å². The fourth-order valence-corrected chi connectivity index (χ4v) is 4.16. The number of nitrogens with one attached hydrogen (secondary N) is 1. The number of aryl methyl sites for hydroxylation is 1. The van der Waals surface area contributed by atoms with E-state index in [0.29, 0.717) is 18.1 Å². The molecule has 1 atom stereocenters. The predicted molar refractivity (Wildman–Crippen MR) is 136 cm³/mol. The van der Waals surface area contributed by atoms with Crippen molar-refractivity contribution in [3.8, 4) is 5.75 Å². The van der Waals surface area contributed by atoms with Gasteiger partial charge in [0, 0.05) is 17.3 Å². The maximum Gasteiger partial charge on any atom is 0.244 e. The summed E-state index contributed by atoms with van der Waals surface area (Å²) in [5.74, 6) is 0.204. The second-order valence-electron chi connectivity index (χ2n) is 8.31. The standard InChI is InChI=1S/C28H27ClN2O2/c1-19-15-25(29)11-14-27(19)31(18-22-7-10-23-5-3-4-6-24(23)16-22)28(33)20(2)30-17-21-8-12-26(32)13-9-21/h3-16,20,30,32H,17-18H2,1-2H3. The summed E-state index contributed by atoms with van der Waals surface area (Å²) in [5, 5.41) is 15.8. The van der Waals surface area contributed by atoms with Crippen molar-refractivity contribution in [2.45, 2.75) is 33.0 Å². The largest absolute Gasteiger partial charge is 0.508 e. The fourth-order valence-electron chi connectivity index (χ4n) is 3.93. The van der Waals surface area contributed by atoms with E-state index in [0.717, 1.165) is 27.8 Å². The van der Waals surface area contributed by atoms with Gasteiger partial charge in [-0.15, -0.1) is 0 Å². The highest BCUT2D eigenvalue weighted by Crippen LogP contribution is 2.27. The normalized spacial score (nSPS) is 12.0. The van der Waals surface area contributed by atoms with Gasteiger partial charge in [-0.1, -0.05) is 60.1 Å². The third-order valence-corrected chi connectivity index (χ3v) is 6.02. The molecule has 0 aromatic heterocycles. The number of fused-ring (bicyclic) bond motifs is 1. The van der Waals surface area contributed by atoms with E-state index in [1.54, 1.807) is 12.1 Å². The molecule has 0 saturated heterocycles. The SMILES string of the molecule is Cc1cc(Cl)ccc1N(Cc1ccc2ccccc2c1)C(=O)C(C)NCc1ccc(O)cc1. The summed E-state index contributed by atoms with van der Waals surface area (Å²) in [6.07, 6.45) is 0. The molecular formula is C28H27ClN2O2. The lowest BCUT2D eigenvalue weighted by atomic mass is 10.1. The predicted octanol–water partition coefficient (Wildman–Crippen LogP) is 6.22. The first kappa shape index (κ1) is 22.8. The van der Waals surface area contributed by atoms with Gasteiger partial charge in [-0.3, -0.25) is 4.79 Å². The minimum absolute atomic E-state index is 0.0210. The highest BCUT2D eigenvalue weighted by molar-refractivity contribution is 6.30. The summed E-state index contributed by atoms with van der Waals surface area (Å²) in [4.78, 5) is 15.4. The first-order chi connectivity index (χ1) is 15.9. The lowest BCUT2D eigenvalue weighted by molar-refractivity contribution is -0.120. The molecule has 0 saturated carbocycles. The van der Waals surface area contributed by atoms with Crippen LogP contribution in [0.4, 0.5) is 5.69 Å². The van der Waals surface area contributed by atoms with Gasteiger partial charge < -0.3 is 15.3 Å². The van der Waals surface area contributed by atoms with Crippen LogP contribution in [0, 0.1) is 6.92 Å². The smallest absolute Gasteiger partial charge is 0.244 e. The zero-order valence-corrected chi connectivity index (χ0v) is 19.5. The summed E-state index contributed by atoms with van der Waals surface area (Å²) >= 11 is 6.18. The summed E-state index contributed by atoms with van der Waals surface area (Å²) < 4.78 is 0. The van der Waals surface area contributed by atoms with Gasteiger partial charge in [0.25, 0.3) is 0 Å². The highest BCUT2D eigenvalue weighted by Gasteiger charge is 2.23. The lowest BCUT2D eigenvalue weighted by Crippen LogP contribution is -2.44. The fraction of sp³-hybridized carbons (Fsp3) is 0.179. The molecule has 4 aromatic carbocycles. The first-order valence-corrected chi connectivity index (χ1v) is 11.3. The Morgan fingerprint density at radius 3 is 2.36 bits per heavy atom. The Balaban J connectivity index is 1.59. The van der Waals surface area contributed by atoms with E-state index in [4.69, 9.17) is 11.6 Å². The van der Waals surface area contributed by atoms with E-state index >= 15 is 0 Å². The zero-order chi connectivity index (χ0) is 23.4. The molecule has 0 fully saturated rings. The molecule has 4 rings (SSSR count). The number of hydrogen-bond donors (Lipinski definition) is 2. The topological polar surface area (TPSA) is 52.6 Å². The van der Waals surface area contributed by atoms with Crippen LogP contribution in [-0.4, -0.2) is 17.1 Å². The summed E-state index contributed by atoms with van der Waals surface area (Å²) in [5.41, 5.74) is 3.84. The van der Waals surface area contributed by atoms with Crippen molar-refractivity contribution in [1.29, 1.82) is 0 Å². The zero-order valence-electron chi connectivity index (χ0n) is 18.8. The molecule has 1 amide bonds. The van der Waals surface area contributed by atoms with Crippen molar-refractivity contribution in [1.82, 2.24) is 5.32 Å². The minimum atomic E-state index is -0.408. The molecule has 0 heterocycles. The van der Waals surface area contributed by atoms with Crippen LogP contribution in [0.1, 0.15) is 23.6 Å². The van der Waals surface area contributed by atoms with E-state index in [9.17, 15) is 9.90 Å². The molecule has 0 radical (unpaired) electrons. The molecule has 0 aliphatic rings. The Kier molecular flexibility index (Phi) is 6.97. The maximum atomic E-state index is 13.6. The summed E-state index contributed by atoms with van der Waals surface area (Å²) in [6.45, 7) is 4.83. The van der Waals surface area contributed by atoms with Crippen molar-refractivity contribution in [3.63, 3.8) is 0 Å². The van der Waals surface area contributed by atoms with Crippen LogP contribution in [-0.2, 0) is 17.9 Å². The van der Waals surface area contributed by atoms with Crippen molar-refractivity contribution >= 4 is 34.0 Å². The van der Waals surface area contributed by atoms with Gasteiger partial charge in [0.05, 0.1) is 12.6 Å². The molecule has 4 nitrogen and oxygen atoms in total. The third-order valence-electron chi connectivity index (χ3n) is 5.79. The number of carbonyl (C=O) groups is 1. The van der Waals surface area contributed by atoms with Crippen molar-refractivity contribution in [3.05, 3.63) is 107 Å². The number of amides is 1. The molecule has 5 heteroatoms. The van der Waals surface area contributed by atoms with E-state index in [-0.39, 0.29) is 11.7 Å². The molecule has 168 valence electrons. The van der Waals surface area contributed by atoms with Crippen molar-refractivity contribution in [2.75, 3.05) is 4.90 Å². The molecule has 2 N–H and O–H groups in total. The quantitative estimate of drug-likeness (QED) is 0.345. The van der Waals surface area contributed by atoms with Crippen LogP contribution in [0.25, 0.3) is 10.8 Å². The number of benzene rings is 4. The number of aromatic hydroxyl groups is 1. The molecule has 0 spiro atoms. The first-order valence-electron chi connectivity index (χ1n) is 11.0. The Labute approximate surface area is 199 Å². The Bertz CT molecular complexity index is 1270. The molecule has 0 aliphatic heterocycles. The second kappa shape index (κ2) is 10.1. The Hall–Kier alpha value is -3.34. The number of carbonyl (C=O) groups excluding carboxylic acids is 1. The number of phenols is 1. The van der Waals surface area contributed by atoms with Gasteiger partial charge in [0.15, 0.2) is 0 Å². The Morgan fingerprint density at radius 1 is 0.939 bits per heavy atom. The summed E-state index contributed by atoms with van der Waals surface area (Å²) in [7, 11) is 0. The number of phenolic OH excluding ortho intramolecular Hbond substituents is 1.